The fourth-order valence-corrected chi connectivity index (χ4v) is 1.83. The Morgan fingerprint density at radius 1 is 1.42 bits per heavy atom. The normalized spacial score (nSPS) is 11.9. The van der Waals surface area contributed by atoms with E-state index in [1.54, 1.807) is 25.4 Å². The third-order valence-electron chi connectivity index (χ3n) is 2.71. The monoisotopic (exact) mass is 278 g/mol. The molecule has 19 heavy (non-hydrogen) atoms. The lowest BCUT2D eigenvalue weighted by molar-refractivity contribution is 0.0936. The molecule has 3 nitrogen and oxygen atoms in total. The van der Waals surface area contributed by atoms with E-state index in [2.05, 4.69) is 10.3 Å². The summed E-state index contributed by atoms with van der Waals surface area (Å²) >= 11 is 5.76. The van der Waals surface area contributed by atoms with Crippen LogP contribution in [0.5, 0.6) is 0 Å². The Bertz CT molecular complexity index is 589. The Kier molecular flexibility index (Phi) is 4.12. The smallest absolute Gasteiger partial charge is 0.254 e. The summed E-state index contributed by atoms with van der Waals surface area (Å²) in [7, 11) is 0. The molecule has 1 amide bonds. The summed E-state index contributed by atoms with van der Waals surface area (Å²) in [5.74, 6) is -1.10. The molecule has 0 saturated heterocycles. The number of carbonyl (C=O) groups excluding carboxylic acids is 1. The van der Waals surface area contributed by atoms with Gasteiger partial charge in [0.2, 0.25) is 0 Å². The topological polar surface area (TPSA) is 42.0 Å². The first-order valence-electron chi connectivity index (χ1n) is 5.74. The van der Waals surface area contributed by atoms with Crippen molar-refractivity contribution in [2.45, 2.75) is 13.0 Å². The molecule has 1 unspecified atom stereocenters. The van der Waals surface area contributed by atoms with Crippen LogP contribution in [0.3, 0.4) is 0 Å². The second-order valence-corrected chi connectivity index (χ2v) is 4.54. The zero-order valence-electron chi connectivity index (χ0n) is 10.2. The van der Waals surface area contributed by atoms with Crippen molar-refractivity contribution >= 4 is 17.5 Å². The molecule has 0 saturated carbocycles. The van der Waals surface area contributed by atoms with Crippen LogP contribution in [-0.4, -0.2) is 10.9 Å². The van der Waals surface area contributed by atoms with E-state index in [9.17, 15) is 9.18 Å². The molecule has 2 aromatic rings. The second kappa shape index (κ2) is 5.80. The van der Waals surface area contributed by atoms with E-state index in [4.69, 9.17) is 11.6 Å². The van der Waals surface area contributed by atoms with Gasteiger partial charge in [-0.15, -0.1) is 0 Å². The lowest BCUT2D eigenvalue weighted by Gasteiger charge is -2.14. The molecule has 98 valence electrons. The van der Waals surface area contributed by atoms with Crippen LogP contribution in [0.1, 0.15) is 28.9 Å². The van der Waals surface area contributed by atoms with Crippen molar-refractivity contribution in [3.63, 3.8) is 0 Å². The van der Waals surface area contributed by atoms with Gasteiger partial charge in [0.05, 0.1) is 11.6 Å². The molecule has 0 fully saturated rings. The molecule has 0 aliphatic carbocycles. The number of carbonyl (C=O) groups is 1. The Labute approximate surface area is 115 Å². The van der Waals surface area contributed by atoms with Crippen LogP contribution in [-0.2, 0) is 0 Å². The first-order chi connectivity index (χ1) is 9.08. The zero-order valence-corrected chi connectivity index (χ0v) is 11.0. The predicted molar refractivity (Wildman–Crippen MR) is 71.5 cm³/mol. The number of benzene rings is 1. The van der Waals surface area contributed by atoms with Crippen LogP contribution in [0.2, 0.25) is 5.02 Å². The molecule has 0 aliphatic rings. The Morgan fingerprint density at radius 2 is 2.21 bits per heavy atom. The summed E-state index contributed by atoms with van der Waals surface area (Å²) < 4.78 is 13.5. The van der Waals surface area contributed by atoms with E-state index >= 15 is 0 Å². The molecule has 1 atom stereocenters. The van der Waals surface area contributed by atoms with Crippen molar-refractivity contribution in [1.82, 2.24) is 10.3 Å². The van der Waals surface area contributed by atoms with Crippen LogP contribution in [0.25, 0.3) is 0 Å². The van der Waals surface area contributed by atoms with Gasteiger partial charge in [-0.1, -0.05) is 17.7 Å². The molecule has 1 heterocycles. The first kappa shape index (κ1) is 13.5. The van der Waals surface area contributed by atoms with Crippen molar-refractivity contribution in [3.05, 3.63) is 64.7 Å². The molecule has 0 spiro atoms. The molecule has 0 bridgehead atoms. The maximum Gasteiger partial charge on any atom is 0.254 e. The van der Waals surface area contributed by atoms with Gasteiger partial charge in [0, 0.05) is 17.4 Å². The molecule has 2 rings (SSSR count). The zero-order chi connectivity index (χ0) is 13.8. The van der Waals surface area contributed by atoms with Gasteiger partial charge in [-0.05, 0) is 36.8 Å². The van der Waals surface area contributed by atoms with Crippen LogP contribution in [0.4, 0.5) is 4.39 Å². The average molecular weight is 279 g/mol. The lowest BCUT2D eigenvalue weighted by atomic mass is 10.1. The van der Waals surface area contributed by atoms with Gasteiger partial charge >= 0.3 is 0 Å². The van der Waals surface area contributed by atoms with Gasteiger partial charge in [0.15, 0.2) is 0 Å². The predicted octanol–water partition coefficient (Wildman–Crippen LogP) is 3.37. The maximum absolute atomic E-state index is 13.5. The van der Waals surface area contributed by atoms with Gasteiger partial charge in [-0.25, -0.2) is 4.39 Å². The number of halogens is 2. The number of nitrogens with one attached hydrogen (secondary N) is 1. The number of amides is 1. The van der Waals surface area contributed by atoms with E-state index in [0.717, 1.165) is 5.56 Å². The Hall–Kier alpha value is -1.94. The molecule has 0 aliphatic heterocycles. The molecule has 1 N–H and O–H groups in total. The van der Waals surface area contributed by atoms with Crippen LogP contribution >= 0.6 is 11.6 Å². The van der Waals surface area contributed by atoms with Gasteiger partial charge in [0.25, 0.3) is 5.91 Å². The van der Waals surface area contributed by atoms with Gasteiger partial charge < -0.3 is 5.32 Å². The minimum absolute atomic E-state index is 0.0664. The van der Waals surface area contributed by atoms with Crippen LogP contribution in [0.15, 0.2) is 42.7 Å². The molecule has 1 aromatic carbocycles. The largest absolute Gasteiger partial charge is 0.345 e. The number of aromatic nitrogens is 1. The number of nitrogens with zero attached hydrogens (tertiary/aromatic N) is 1. The van der Waals surface area contributed by atoms with Crippen molar-refractivity contribution in [2.24, 2.45) is 0 Å². The minimum Gasteiger partial charge on any atom is -0.345 e. The third kappa shape index (κ3) is 3.29. The Balaban J connectivity index is 2.15. The SMILES string of the molecule is CC(NC(=O)c1cc(Cl)ccc1F)c1cccnc1. The fraction of sp³-hybridized carbons (Fsp3) is 0.143. The lowest BCUT2D eigenvalue weighted by Crippen LogP contribution is -2.27. The average Bonchev–Trinajstić information content (AvgIpc) is 2.42. The van der Waals surface area contributed by atoms with E-state index < -0.39 is 11.7 Å². The quantitative estimate of drug-likeness (QED) is 0.935. The second-order valence-electron chi connectivity index (χ2n) is 4.11. The van der Waals surface area contributed by atoms with Crippen molar-refractivity contribution in [2.75, 3.05) is 0 Å². The highest BCUT2D eigenvalue weighted by atomic mass is 35.5. The Morgan fingerprint density at radius 3 is 2.89 bits per heavy atom. The highest BCUT2D eigenvalue weighted by molar-refractivity contribution is 6.31. The number of hydrogen-bond acceptors (Lipinski definition) is 2. The summed E-state index contributed by atoms with van der Waals surface area (Å²) in [5, 5.41) is 3.02. The fourth-order valence-electron chi connectivity index (χ4n) is 1.66. The summed E-state index contributed by atoms with van der Waals surface area (Å²) in [6.07, 6.45) is 3.30. The molecule has 1 aromatic heterocycles. The standard InChI is InChI=1S/C14H12ClFN2O/c1-9(10-3-2-6-17-8-10)18-14(19)12-7-11(15)4-5-13(12)16/h2-9H,1H3,(H,18,19). The number of rotatable bonds is 3. The maximum atomic E-state index is 13.5. The van der Waals surface area contributed by atoms with Crippen molar-refractivity contribution < 1.29 is 9.18 Å². The van der Waals surface area contributed by atoms with E-state index in [0.29, 0.717) is 5.02 Å². The van der Waals surface area contributed by atoms with Gasteiger partial charge in [0.1, 0.15) is 5.82 Å². The third-order valence-corrected chi connectivity index (χ3v) is 2.94. The van der Waals surface area contributed by atoms with Gasteiger partial charge in [-0.3, -0.25) is 9.78 Å². The summed E-state index contributed by atoms with van der Waals surface area (Å²) in [6, 6.07) is 7.23. The minimum atomic E-state index is -0.597. The number of hydrogen-bond donors (Lipinski definition) is 1. The highest BCUT2D eigenvalue weighted by Gasteiger charge is 2.15. The van der Waals surface area contributed by atoms with E-state index in [1.165, 1.54) is 18.2 Å². The van der Waals surface area contributed by atoms with Gasteiger partial charge in [-0.2, -0.15) is 0 Å². The molecular weight excluding hydrogens is 267 g/mol. The molecular formula is C14H12ClFN2O. The summed E-state index contributed by atoms with van der Waals surface area (Å²) in [6.45, 7) is 1.80. The summed E-state index contributed by atoms with van der Waals surface area (Å²) in [5.41, 5.74) is 0.779. The van der Waals surface area contributed by atoms with E-state index in [-0.39, 0.29) is 11.6 Å². The van der Waals surface area contributed by atoms with Crippen LogP contribution in [0, 0.1) is 5.82 Å². The molecule has 5 heteroatoms. The van der Waals surface area contributed by atoms with Crippen molar-refractivity contribution in [3.8, 4) is 0 Å². The van der Waals surface area contributed by atoms with Crippen LogP contribution < -0.4 is 5.32 Å². The van der Waals surface area contributed by atoms with Crippen molar-refractivity contribution in [1.29, 1.82) is 0 Å². The van der Waals surface area contributed by atoms with E-state index in [1.807, 2.05) is 6.07 Å². The molecule has 0 radical (unpaired) electrons. The number of pyridine rings is 1. The highest BCUT2D eigenvalue weighted by Crippen LogP contribution is 2.17. The first-order valence-corrected chi connectivity index (χ1v) is 6.11. The summed E-state index contributed by atoms with van der Waals surface area (Å²) in [4.78, 5) is 15.9.